The van der Waals surface area contributed by atoms with E-state index < -0.39 is 0 Å². The first kappa shape index (κ1) is 23.0. The van der Waals surface area contributed by atoms with Crippen LogP contribution in [0.1, 0.15) is 24.0 Å². The van der Waals surface area contributed by atoms with E-state index in [2.05, 4.69) is 54.0 Å². The summed E-state index contributed by atoms with van der Waals surface area (Å²) in [5, 5.41) is 6.62. The zero-order chi connectivity index (χ0) is 23.0. The Morgan fingerprint density at radius 3 is 2.48 bits per heavy atom. The molecule has 0 bridgehead atoms. The number of carbonyl (C=O) groups is 1. The molecule has 0 aliphatic carbocycles. The number of para-hydroxylation sites is 1. The van der Waals surface area contributed by atoms with Crippen molar-refractivity contribution >= 4 is 28.8 Å². The summed E-state index contributed by atoms with van der Waals surface area (Å²) in [5.41, 5.74) is 5.48. The molecule has 1 aromatic heterocycles. The molecule has 168 valence electrons. The summed E-state index contributed by atoms with van der Waals surface area (Å²) in [6.45, 7) is 3.03. The number of nitrogens with zero attached hydrogens (tertiary/aromatic N) is 1. The van der Waals surface area contributed by atoms with Gasteiger partial charge in [-0.3, -0.25) is 4.79 Å². The molecule has 0 aliphatic heterocycles. The van der Waals surface area contributed by atoms with E-state index in [-0.39, 0.29) is 5.91 Å². The first-order chi connectivity index (χ1) is 16.1. The number of aromatic nitrogens is 1. The molecule has 0 unspecified atom stereocenters. The third kappa shape index (κ3) is 6.44. The van der Waals surface area contributed by atoms with E-state index in [0.717, 1.165) is 27.4 Å². The van der Waals surface area contributed by atoms with Gasteiger partial charge in [0.2, 0.25) is 5.91 Å². The fourth-order valence-corrected chi connectivity index (χ4v) is 4.32. The fraction of sp³-hybridized carbons (Fsp3) is 0.185. The highest BCUT2D eigenvalue weighted by Gasteiger charge is 2.08. The van der Waals surface area contributed by atoms with E-state index >= 15 is 0 Å². The Labute approximate surface area is 203 Å². The molecular formula is C27H25ClN2O2S. The van der Waals surface area contributed by atoms with Crippen LogP contribution >= 0.6 is 22.9 Å². The van der Waals surface area contributed by atoms with Gasteiger partial charge in [-0.15, -0.1) is 11.3 Å². The zero-order valence-corrected chi connectivity index (χ0v) is 20.0. The summed E-state index contributed by atoms with van der Waals surface area (Å²) in [6, 6.07) is 23.9. The van der Waals surface area contributed by atoms with Crippen LogP contribution in [0.2, 0.25) is 5.02 Å². The van der Waals surface area contributed by atoms with Gasteiger partial charge in [-0.1, -0.05) is 77.8 Å². The van der Waals surface area contributed by atoms with Crippen molar-refractivity contribution in [3.63, 3.8) is 0 Å². The molecule has 3 aromatic carbocycles. The van der Waals surface area contributed by atoms with E-state index in [9.17, 15) is 4.79 Å². The van der Waals surface area contributed by atoms with Gasteiger partial charge < -0.3 is 10.1 Å². The Bertz CT molecular complexity index is 1200. The van der Waals surface area contributed by atoms with Crippen molar-refractivity contribution in [2.24, 2.45) is 0 Å². The first-order valence-corrected chi connectivity index (χ1v) is 12.1. The third-order valence-electron chi connectivity index (χ3n) is 5.18. The molecule has 1 N–H and O–H groups in total. The van der Waals surface area contributed by atoms with Crippen molar-refractivity contribution in [1.29, 1.82) is 0 Å². The number of benzene rings is 3. The lowest BCUT2D eigenvalue weighted by atomic mass is 10.1. The smallest absolute Gasteiger partial charge is 0.220 e. The number of rotatable bonds is 9. The number of aryl methyl sites for hydroxylation is 1. The quantitative estimate of drug-likeness (QED) is 0.267. The molecule has 4 aromatic rings. The van der Waals surface area contributed by atoms with E-state index in [1.54, 1.807) is 17.4 Å². The van der Waals surface area contributed by atoms with Gasteiger partial charge in [0.1, 0.15) is 10.8 Å². The molecule has 1 heterocycles. The lowest BCUT2D eigenvalue weighted by Gasteiger charge is -2.08. The maximum absolute atomic E-state index is 12.1. The van der Waals surface area contributed by atoms with E-state index in [1.165, 1.54) is 5.56 Å². The van der Waals surface area contributed by atoms with Crippen LogP contribution in [0.5, 0.6) is 5.75 Å². The minimum atomic E-state index is 0.00417. The van der Waals surface area contributed by atoms with Crippen LogP contribution in [0.4, 0.5) is 0 Å². The minimum absolute atomic E-state index is 0.00417. The second-order valence-electron chi connectivity index (χ2n) is 7.76. The van der Waals surface area contributed by atoms with E-state index in [1.807, 2.05) is 30.3 Å². The second-order valence-corrected chi connectivity index (χ2v) is 9.03. The average molecular weight is 477 g/mol. The summed E-state index contributed by atoms with van der Waals surface area (Å²) < 4.78 is 5.62. The van der Waals surface area contributed by atoms with Gasteiger partial charge in [-0.05, 0) is 31.0 Å². The van der Waals surface area contributed by atoms with Crippen molar-refractivity contribution in [3.8, 4) is 27.6 Å². The highest BCUT2D eigenvalue weighted by Crippen LogP contribution is 2.29. The lowest BCUT2D eigenvalue weighted by Crippen LogP contribution is -2.22. The maximum atomic E-state index is 12.1. The molecule has 33 heavy (non-hydrogen) atoms. The van der Waals surface area contributed by atoms with E-state index in [0.29, 0.717) is 36.8 Å². The molecule has 6 heteroatoms. The Balaban J connectivity index is 1.23. The molecule has 0 saturated carbocycles. The van der Waals surface area contributed by atoms with Crippen LogP contribution in [-0.4, -0.2) is 17.5 Å². The molecule has 4 nitrogen and oxygen atoms in total. The minimum Gasteiger partial charge on any atom is -0.492 e. The Kier molecular flexibility index (Phi) is 7.76. The standard InChI is InChI=1S/C27H25ClN2O2S/c1-19-8-12-21(13-9-19)24-18-33-27(30-24)22-14-10-20(11-15-22)17-29-26(31)7-4-16-32-25-6-3-2-5-23(25)28/h2-3,5-6,8-15,18H,4,7,16-17H2,1H3,(H,29,31). The second kappa shape index (κ2) is 11.1. The van der Waals surface area contributed by atoms with Crippen LogP contribution in [0.3, 0.4) is 0 Å². The van der Waals surface area contributed by atoms with Gasteiger partial charge in [0.05, 0.1) is 17.3 Å². The predicted octanol–water partition coefficient (Wildman–Crippen LogP) is 6.91. The predicted molar refractivity (Wildman–Crippen MR) is 136 cm³/mol. The Morgan fingerprint density at radius 1 is 1.00 bits per heavy atom. The number of hydrogen-bond acceptors (Lipinski definition) is 4. The highest BCUT2D eigenvalue weighted by atomic mass is 35.5. The molecule has 0 radical (unpaired) electrons. The molecule has 0 atom stereocenters. The number of nitrogens with one attached hydrogen (secondary N) is 1. The monoisotopic (exact) mass is 476 g/mol. The number of ether oxygens (including phenoxy) is 1. The number of hydrogen-bond donors (Lipinski definition) is 1. The molecule has 1 amide bonds. The topological polar surface area (TPSA) is 51.2 Å². The van der Waals surface area contributed by atoms with E-state index in [4.69, 9.17) is 21.3 Å². The molecule has 4 rings (SSSR count). The summed E-state index contributed by atoms with van der Waals surface area (Å²) in [7, 11) is 0. The highest BCUT2D eigenvalue weighted by molar-refractivity contribution is 7.13. The van der Waals surface area contributed by atoms with Crippen molar-refractivity contribution in [1.82, 2.24) is 10.3 Å². The number of thiazole rings is 1. The van der Waals surface area contributed by atoms with Gasteiger partial charge >= 0.3 is 0 Å². The largest absolute Gasteiger partial charge is 0.492 e. The number of carbonyl (C=O) groups excluding carboxylic acids is 1. The van der Waals surface area contributed by atoms with Crippen LogP contribution in [-0.2, 0) is 11.3 Å². The van der Waals surface area contributed by atoms with Crippen LogP contribution in [0, 0.1) is 6.92 Å². The van der Waals surface area contributed by atoms with Gasteiger partial charge in [0, 0.05) is 29.5 Å². The summed E-state index contributed by atoms with van der Waals surface area (Å²) in [5.74, 6) is 0.648. The summed E-state index contributed by atoms with van der Waals surface area (Å²) >= 11 is 7.70. The molecule has 0 saturated heterocycles. The molecular weight excluding hydrogens is 452 g/mol. The molecule has 0 spiro atoms. The number of halogens is 1. The lowest BCUT2D eigenvalue weighted by molar-refractivity contribution is -0.121. The first-order valence-electron chi connectivity index (χ1n) is 10.8. The fourth-order valence-electron chi connectivity index (χ4n) is 3.29. The van der Waals surface area contributed by atoms with Crippen molar-refractivity contribution in [3.05, 3.63) is 94.3 Å². The Hall–Kier alpha value is -3.15. The van der Waals surface area contributed by atoms with Gasteiger partial charge in [-0.25, -0.2) is 4.98 Å². The van der Waals surface area contributed by atoms with Gasteiger partial charge in [0.25, 0.3) is 0 Å². The van der Waals surface area contributed by atoms with Crippen molar-refractivity contribution in [2.45, 2.75) is 26.3 Å². The van der Waals surface area contributed by atoms with Gasteiger partial charge in [-0.2, -0.15) is 0 Å². The van der Waals surface area contributed by atoms with Crippen LogP contribution < -0.4 is 10.1 Å². The SMILES string of the molecule is Cc1ccc(-c2csc(-c3ccc(CNC(=O)CCCOc4ccccc4Cl)cc3)n2)cc1. The van der Waals surface area contributed by atoms with Crippen molar-refractivity contribution < 1.29 is 9.53 Å². The van der Waals surface area contributed by atoms with Crippen LogP contribution in [0.15, 0.2) is 78.2 Å². The molecule has 0 aliphatic rings. The average Bonchev–Trinajstić information content (AvgIpc) is 3.33. The maximum Gasteiger partial charge on any atom is 0.220 e. The number of amides is 1. The van der Waals surface area contributed by atoms with Gasteiger partial charge in [0.15, 0.2) is 0 Å². The summed E-state index contributed by atoms with van der Waals surface area (Å²) in [4.78, 5) is 16.9. The van der Waals surface area contributed by atoms with Crippen molar-refractivity contribution in [2.75, 3.05) is 6.61 Å². The normalized spacial score (nSPS) is 10.7. The summed E-state index contributed by atoms with van der Waals surface area (Å²) in [6.07, 6.45) is 1.03. The third-order valence-corrected chi connectivity index (χ3v) is 6.39. The molecule has 0 fully saturated rings. The Morgan fingerprint density at radius 2 is 1.73 bits per heavy atom. The van der Waals surface area contributed by atoms with Crippen LogP contribution in [0.25, 0.3) is 21.8 Å². The zero-order valence-electron chi connectivity index (χ0n) is 18.4.